The van der Waals surface area contributed by atoms with Crippen molar-refractivity contribution in [3.8, 4) is 0 Å². The molecule has 20 heavy (non-hydrogen) atoms. The SMILES string of the molecule is CN1CCCC(CNC(=O)N2CCCC2(C)C(=O)O)C1. The number of nitrogens with zero attached hydrogens (tertiary/aromatic N) is 2. The van der Waals surface area contributed by atoms with Gasteiger partial charge in [0.05, 0.1) is 0 Å². The van der Waals surface area contributed by atoms with E-state index in [2.05, 4.69) is 17.3 Å². The molecule has 0 aliphatic carbocycles. The van der Waals surface area contributed by atoms with Crippen LogP contribution in [0.3, 0.4) is 0 Å². The van der Waals surface area contributed by atoms with Crippen LogP contribution in [-0.4, -0.2) is 65.7 Å². The number of carbonyl (C=O) groups excluding carboxylic acids is 1. The molecule has 2 fully saturated rings. The second-order valence-electron chi connectivity index (χ2n) is 6.29. The summed E-state index contributed by atoms with van der Waals surface area (Å²) < 4.78 is 0. The van der Waals surface area contributed by atoms with Crippen LogP contribution in [0.5, 0.6) is 0 Å². The zero-order chi connectivity index (χ0) is 14.8. The molecule has 2 rings (SSSR count). The van der Waals surface area contributed by atoms with E-state index in [1.807, 2.05) is 0 Å². The lowest BCUT2D eigenvalue weighted by Crippen LogP contribution is -2.55. The first-order valence-electron chi connectivity index (χ1n) is 7.41. The van der Waals surface area contributed by atoms with Crippen molar-refractivity contribution in [2.24, 2.45) is 5.92 Å². The lowest BCUT2D eigenvalue weighted by molar-refractivity contribution is -0.147. The fourth-order valence-electron chi connectivity index (χ4n) is 3.28. The van der Waals surface area contributed by atoms with Crippen molar-refractivity contribution in [2.45, 2.75) is 38.1 Å². The second kappa shape index (κ2) is 5.99. The smallest absolute Gasteiger partial charge is 0.329 e. The highest BCUT2D eigenvalue weighted by Gasteiger charge is 2.45. The molecule has 2 N–H and O–H groups in total. The van der Waals surface area contributed by atoms with Gasteiger partial charge in [0, 0.05) is 19.6 Å². The number of amides is 2. The summed E-state index contributed by atoms with van der Waals surface area (Å²) in [6, 6.07) is -0.236. The van der Waals surface area contributed by atoms with Gasteiger partial charge in [-0.15, -0.1) is 0 Å². The van der Waals surface area contributed by atoms with Gasteiger partial charge in [-0.25, -0.2) is 9.59 Å². The minimum Gasteiger partial charge on any atom is -0.480 e. The van der Waals surface area contributed by atoms with Crippen LogP contribution < -0.4 is 5.32 Å². The van der Waals surface area contributed by atoms with Crippen molar-refractivity contribution in [1.29, 1.82) is 0 Å². The Morgan fingerprint density at radius 1 is 1.35 bits per heavy atom. The molecule has 2 unspecified atom stereocenters. The van der Waals surface area contributed by atoms with Gasteiger partial charge < -0.3 is 20.2 Å². The van der Waals surface area contributed by atoms with Gasteiger partial charge in [-0.05, 0) is 52.1 Å². The first-order valence-corrected chi connectivity index (χ1v) is 7.41. The van der Waals surface area contributed by atoms with E-state index in [9.17, 15) is 14.7 Å². The maximum atomic E-state index is 12.2. The number of carboxylic acids is 1. The van der Waals surface area contributed by atoms with E-state index in [1.54, 1.807) is 6.92 Å². The summed E-state index contributed by atoms with van der Waals surface area (Å²) in [5, 5.41) is 12.2. The van der Waals surface area contributed by atoms with Crippen molar-refractivity contribution >= 4 is 12.0 Å². The van der Waals surface area contributed by atoms with Crippen molar-refractivity contribution < 1.29 is 14.7 Å². The van der Waals surface area contributed by atoms with E-state index in [0.717, 1.165) is 32.4 Å². The molecular formula is C14H25N3O3. The maximum Gasteiger partial charge on any atom is 0.329 e. The van der Waals surface area contributed by atoms with Gasteiger partial charge in [0.2, 0.25) is 0 Å². The third kappa shape index (κ3) is 3.06. The second-order valence-corrected chi connectivity index (χ2v) is 6.29. The molecule has 0 aromatic heterocycles. The highest BCUT2D eigenvalue weighted by Crippen LogP contribution is 2.29. The van der Waals surface area contributed by atoms with E-state index in [0.29, 0.717) is 25.4 Å². The van der Waals surface area contributed by atoms with Crippen LogP contribution in [0, 0.1) is 5.92 Å². The molecule has 0 saturated carbocycles. The highest BCUT2D eigenvalue weighted by molar-refractivity contribution is 5.86. The van der Waals surface area contributed by atoms with Gasteiger partial charge >= 0.3 is 12.0 Å². The number of hydrogen-bond donors (Lipinski definition) is 2. The van der Waals surface area contributed by atoms with Gasteiger partial charge in [0.25, 0.3) is 0 Å². The van der Waals surface area contributed by atoms with E-state index in [4.69, 9.17) is 0 Å². The molecule has 6 nitrogen and oxygen atoms in total. The Labute approximate surface area is 120 Å². The zero-order valence-corrected chi connectivity index (χ0v) is 12.4. The minimum atomic E-state index is -1.05. The maximum absolute atomic E-state index is 12.2. The molecule has 0 bridgehead atoms. The number of rotatable bonds is 3. The summed E-state index contributed by atoms with van der Waals surface area (Å²) in [5.41, 5.74) is -1.05. The van der Waals surface area contributed by atoms with Gasteiger partial charge in [-0.1, -0.05) is 0 Å². The Hall–Kier alpha value is -1.30. The Balaban J connectivity index is 1.87. The Morgan fingerprint density at radius 3 is 2.75 bits per heavy atom. The number of nitrogens with one attached hydrogen (secondary N) is 1. The molecular weight excluding hydrogens is 258 g/mol. The van der Waals surface area contributed by atoms with Crippen LogP contribution in [0.4, 0.5) is 4.79 Å². The normalized spacial score (nSPS) is 31.3. The molecule has 6 heteroatoms. The number of hydrogen-bond acceptors (Lipinski definition) is 3. The summed E-state index contributed by atoms with van der Waals surface area (Å²) >= 11 is 0. The zero-order valence-electron chi connectivity index (χ0n) is 12.4. The molecule has 2 saturated heterocycles. The Bertz CT molecular complexity index is 388. The number of aliphatic carboxylic acids is 1. The van der Waals surface area contributed by atoms with Crippen molar-refractivity contribution in [2.75, 3.05) is 33.2 Å². The lowest BCUT2D eigenvalue weighted by Gasteiger charge is -2.33. The first-order chi connectivity index (χ1) is 9.43. The average molecular weight is 283 g/mol. The van der Waals surface area contributed by atoms with Gasteiger partial charge in [0.1, 0.15) is 5.54 Å². The molecule has 2 aliphatic heterocycles. The Kier molecular flexibility index (Phi) is 4.52. The number of piperidine rings is 1. The molecule has 0 aromatic carbocycles. The number of carbonyl (C=O) groups is 2. The molecule has 2 heterocycles. The molecule has 2 amide bonds. The molecule has 2 atom stereocenters. The van der Waals surface area contributed by atoms with E-state index >= 15 is 0 Å². The third-order valence-corrected chi connectivity index (χ3v) is 4.61. The molecule has 0 radical (unpaired) electrons. The molecule has 2 aliphatic rings. The van der Waals surface area contributed by atoms with Crippen LogP contribution >= 0.6 is 0 Å². The predicted octanol–water partition coefficient (Wildman–Crippen LogP) is 0.977. The van der Waals surface area contributed by atoms with E-state index in [1.165, 1.54) is 4.90 Å². The monoisotopic (exact) mass is 283 g/mol. The molecule has 0 aromatic rings. The van der Waals surface area contributed by atoms with Gasteiger partial charge in [-0.2, -0.15) is 0 Å². The van der Waals surface area contributed by atoms with Crippen molar-refractivity contribution in [3.05, 3.63) is 0 Å². The summed E-state index contributed by atoms with van der Waals surface area (Å²) in [6.45, 7) is 4.91. The van der Waals surface area contributed by atoms with Crippen molar-refractivity contribution in [1.82, 2.24) is 15.1 Å². The quantitative estimate of drug-likeness (QED) is 0.810. The van der Waals surface area contributed by atoms with Crippen LogP contribution in [0.15, 0.2) is 0 Å². The standard InChI is InChI=1S/C14H25N3O3/c1-14(12(18)19)6-4-8-17(14)13(20)15-9-11-5-3-7-16(2)10-11/h11H,3-10H2,1-2H3,(H,15,20)(H,18,19). The topological polar surface area (TPSA) is 72.9 Å². The van der Waals surface area contributed by atoms with E-state index in [-0.39, 0.29) is 6.03 Å². The summed E-state index contributed by atoms with van der Waals surface area (Å²) in [6.07, 6.45) is 3.57. The fraction of sp³-hybridized carbons (Fsp3) is 0.857. The number of urea groups is 1. The van der Waals surface area contributed by atoms with Crippen molar-refractivity contribution in [3.63, 3.8) is 0 Å². The fourth-order valence-corrected chi connectivity index (χ4v) is 3.28. The predicted molar refractivity (Wildman–Crippen MR) is 75.6 cm³/mol. The van der Waals surface area contributed by atoms with Gasteiger partial charge in [0.15, 0.2) is 0 Å². The summed E-state index contributed by atoms with van der Waals surface area (Å²) in [5.74, 6) is -0.445. The number of carboxylic acid groups (broad SMARTS) is 1. The number of likely N-dealkylation sites (tertiary alicyclic amines) is 2. The molecule has 0 spiro atoms. The highest BCUT2D eigenvalue weighted by atomic mass is 16.4. The van der Waals surface area contributed by atoms with Crippen LogP contribution in [0.1, 0.15) is 32.6 Å². The van der Waals surface area contributed by atoms with E-state index < -0.39 is 11.5 Å². The Morgan fingerprint density at radius 2 is 2.10 bits per heavy atom. The third-order valence-electron chi connectivity index (χ3n) is 4.61. The lowest BCUT2D eigenvalue weighted by atomic mass is 9.98. The van der Waals surface area contributed by atoms with Gasteiger partial charge in [-0.3, -0.25) is 0 Å². The molecule has 114 valence electrons. The summed E-state index contributed by atoms with van der Waals surface area (Å²) in [4.78, 5) is 27.3. The first kappa shape index (κ1) is 15.1. The summed E-state index contributed by atoms with van der Waals surface area (Å²) in [7, 11) is 2.09. The minimum absolute atomic E-state index is 0.236. The largest absolute Gasteiger partial charge is 0.480 e. The van der Waals surface area contributed by atoms with Crippen LogP contribution in [0.2, 0.25) is 0 Å². The van der Waals surface area contributed by atoms with Crippen LogP contribution in [0.25, 0.3) is 0 Å². The average Bonchev–Trinajstić information content (AvgIpc) is 2.80. The van der Waals surface area contributed by atoms with Crippen LogP contribution in [-0.2, 0) is 4.79 Å².